The quantitative estimate of drug-likeness (QED) is 0.922. The van der Waals surface area contributed by atoms with E-state index in [4.69, 9.17) is 14.2 Å². The lowest BCUT2D eigenvalue weighted by Gasteiger charge is -2.37. The van der Waals surface area contributed by atoms with Crippen LogP contribution in [0.1, 0.15) is 36.8 Å². The minimum Gasteiger partial charge on any atom is -0.493 e. The van der Waals surface area contributed by atoms with Gasteiger partial charge in [0.25, 0.3) is 0 Å². The van der Waals surface area contributed by atoms with Gasteiger partial charge < -0.3 is 19.5 Å². The normalized spacial score (nSPS) is 19.8. The van der Waals surface area contributed by atoms with Crippen LogP contribution >= 0.6 is 0 Å². The number of hydrogen-bond acceptors (Lipinski definition) is 4. The van der Waals surface area contributed by atoms with Gasteiger partial charge in [-0.1, -0.05) is 12.8 Å². The lowest BCUT2D eigenvalue weighted by molar-refractivity contribution is 0.308. The molecule has 1 aromatic rings. The Kier molecular flexibility index (Phi) is 3.50. The van der Waals surface area contributed by atoms with Gasteiger partial charge >= 0.3 is 0 Å². The molecule has 1 fully saturated rings. The topological polar surface area (TPSA) is 39.7 Å². The third-order valence-corrected chi connectivity index (χ3v) is 4.83. The minimum absolute atomic E-state index is 0.250. The van der Waals surface area contributed by atoms with E-state index in [0.717, 1.165) is 24.6 Å². The number of methoxy groups -OCH3 is 3. The third kappa shape index (κ3) is 1.85. The molecule has 0 amide bonds. The van der Waals surface area contributed by atoms with E-state index in [1.165, 1.54) is 36.8 Å². The highest BCUT2D eigenvalue weighted by Crippen LogP contribution is 2.51. The van der Waals surface area contributed by atoms with Crippen molar-refractivity contribution < 1.29 is 14.2 Å². The van der Waals surface area contributed by atoms with Crippen LogP contribution in [0.5, 0.6) is 17.2 Å². The molecule has 0 saturated heterocycles. The molecule has 1 aliphatic heterocycles. The second-order valence-corrected chi connectivity index (χ2v) is 5.76. The average Bonchev–Trinajstić information content (AvgIpc) is 2.95. The summed E-state index contributed by atoms with van der Waals surface area (Å²) in [5, 5.41) is 3.56. The summed E-state index contributed by atoms with van der Waals surface area (Å²) in [6.45, 7) is 1.89. The van der Waals surface area contributed by atoms with E-state index in [2.05, 4.69) is 11.4 Å². The fraction of sp³-hybridized carbons (Fsp3) is 0.625. The van der Waals surface area contributed by atoms with Crippen LogP contribution in [0.2, 0.25) is 0 Å². The van der Waals surface area contributed by atoms with Crippen molar-refractivity contribution in [2.24, 2.45) is 0 Å². The third-order valence-electron chi connectivity index (χ3n) is 4.83. The first-order valence-corrected chi connectivity index (χ1v) is 7.29. The van der Waals surface area contributed by atoms with E-state index >= 15 is 0 Å². The summed E-state index contributed by atoms with van der Waals surface area (Å²) in [6.07, 6.45) is 5.09. The summed E-state index contributed by atoms with van der Waals surface area (Å²) in [7, 11) is 5.05. The second-order valence-electron chi connectivity index (χ2n) is 5.76. The Labute approximate surface area is 120 Å². The van der Waals surface area contributed by atoms with Gasteiger partial charge in [0.1, 0.15) is 0 Å². The van der Waals surface area contributed by atoms with Crippen LogP contribution in [-0.4, -0.2) is 27.9 Å². The van der Waals surface area contributed by atoms with Gasteiger partial charge in [-0.2, -0.15) is 0 Å². The molecule has 0 unspecified atom stereocenters. The van der Waals surface area contributed by atoms with Gasteiger partial charge in [0.15, 0.2) is 11.5 Å². The molecule has 3 rings (SSSR count). The highest BCUT2D eigenvalue weighted by molar-refractivity contribution is 5.61. The van der Waals surface area contributed by atoms with Crippen LogP contribution in [-0.2, 0) is 12.0 Å². The van der Waals surface area contributed by atoms with Crippen molar-refractivity contribution in [2.75, 3.05) is 27.9 Å². The molecule has 0 radical (unpaired) electrons. The molecular weight excluding hydrogens is 254 g/mol. The molecule has 1 aromatic carbocycles. The molecule has 4 nitrogen and oxygen atoms in total. The van der Waals surface area contributed by atoms with E-state index in [-0.39, 0.29) is 5.41 Å². The van der Waals surface area contributed by atoms with Gasteiger partial charge in [0, 0.05) is 24.1 Å². The Morgan fingerprint density at radius 3 is 2.30 bits per heavy atom. The van der Waals surface area contributed by atoms with Crippen LogP contribution in [0.15, 0.2) is 6.07 Å². The summed E-state index contributed by atoms with van der Waals surface area (Å²) in [5.41, 5.74) is 2.88. The maximum Gasteiger partial charge on any atom is 0.203 e. The highest BCUT2D eigenvalue weighted by Gasteiger charge is 2.41. The molecule has 0 atom stereocenters. The Morgan fingerprint density at radius 1 is 1.00 bits per heavy atom. The maximum atomic E-state index is 5.63. The van der Waals surface area contributed by atoms with Crippen molar-refractivity contribution in [2.45, 2.75) is 37.6 Å². The summed E-state index contributed by atoms with van der Waals surface area (Å²) in [4.78, 5) is 0. The average molecular weight is 277 g/mol. The Bertz CT molecular complexity index is 507. The smallest absolute Gasteiger partial charge is 0.203 e. The van der Waals surface area contributed by atoms with Crippen molar-refractivity contribution in [3.8, 4) is 17.2 Å². The van der Waals surface area contributed by atoms with Crippen molar-refractivity contribution in [1.29, 1.82) is 0 Å². The van der Waals surface area contributed by atoms with Crippen LogP contribution in [0.3, 0.4) is 0 Å². The summed E-state index contributed by atoms with van der Waals surface area (Å²) < 4.78 is 16.7. The summed E-state index contributed by atoms with van der Waals surface area (Å²) in [5.74, 6) is 2.29. The molecule has 0 aromatic heterocycles. The van der Waals surface area contributed by atoms with E-state index in [0.29, 0.717) is 5.75 Å². The number of hydrogen-bond donors (Lipinski definition) is 1. The summed E-state index contributed by atoms with van der Waals surface area (Å²) >= 11 is 0. The summed E-state index contributed by atoms with van der Waals surface area (Å²) in [6, 6.07) is 2.17. The molecule has 20 heavy (non-hydrogen) atoms. The van der Waals surface area contributed by atoms with Crippen LogP contribution in [0.25, 0.3) is 0 Å². The van der Waals surface area contributed by atoms with Crippen LogP contribution in [0.4, 0.5) is 0 Å². The van der Waals surface area contributed by atoms with Crippen molar-refractivity contribution in [3.63, 3.8) is 0 Å². The number of ether oxygens (including phenoxy) is 3. The van der Waals surface area contributed by atoms with Gasteiger partial charge in [-0.25, -0.2) is 0 Å². The molecule has 4 heteroatoms. The van der Waals surface area contributed by atoms with Gasteiger partial charge in [0.2, 0.25) is 5.75 Å². The molecular formula is C16H23NO3. The van der Waals surface area contributed by atoms with Crippen molar-refractivity contribution in [3.05, 3.63) is 17.2 Å². The molecule has 2 aliphatic rings. The largest absolute Gasteiger partial charge is 0.493 e. The molecule has 110 valence electrons. The zero-order valence-corrected chi connectivity index (χ0v) is 12.5. The highest BCUT2D eigenvalue weighted by atomic mass is 16.5. The van der Waals surface area contributed by atoms with E-state index < -0.39 is 0 Å². The lowest BCUT2D eigenvalue weighted by Crippen LogP contribution is -2.41. The van der Waals surface area contributed by atoms with E-state index in [1.54, 1.807) is 21.3 Å². The van der Waals surface area contributed by atoms with Crippen LogP contribution in [0, 0.1) is 0 Å². The van der Waals surface area contributed by atoms with E-state index in [1.807, 2.05) is 0 Å². The number of benzene rings is 1. The SMILES string of the molecule is COc1cc2c(c(OC)c1OC)CNCC21CCCC1. The maximum absolute atomic E-state index is 5.63. The first kappa shape index (κ1) is 13.6. The lowest BCUT2D eigenvalue weighted by atomic mass is 9.74. The predicted octanol–water partition coefficient (Wildman–Crippen LogP) is 2.63. The Hall–Kier alpha value is -1.42. The van der Waals surface area contributed by atoms with Crippen molar-refractivity contribution in [1.82, 2.24) is 5.32 Å². The van der Waals surface area contributed by atoms with Crippen molar-refractivity contribution >= 4 is 0 Å². The Morgan fingerprint density at radius 2 is 1.70 bits per heavy atom. The molecule has 1 heterocycles. The van der Waals surface area contributed by atoms with Crippen LogP contribution < -0.4 is 19.5 Å². The van der Waals surface area contributed by atoms with Gasteiger partial charge in [-0.05, 0) is 24.5 Å². The molecule has 1 N–H and O–H groups in total. The molecule has 0 bridgehead atoms. The Balaban J connectivity index is 2.21. The molecule has 1 spiro atoms. The zero-order chi connectivity index (χ0) is 14.2. The predicted molar refractivity (Wildman–Crippen MR) is 78.0 cm³/mol. The number of nitrogens with one attached hydrogen (secondary N) is 1. The van der Waals surface area contributed by atoms with Gasteiger partial charge in [0.05, 0.1) is 21.3 Å². The van der Waals surface area contributed by atoms with Gasteiger partial charge in [-0.15, -0.1) is 0 Å². The molecule has 1 saturated carbocycles. The molecule has 1 aliphatic carbocycles. The van der Waals surface area contributed by atoms with E-state index in [9.17, 15) is 0 Å². The standard InChI is InChI=1S/C16H23NO3/c1-18-13-8-12-11(14(19-2)15(13)20-3)9-17-10-16(12)6-4-5-7-16/h8,17H,4-7,9-10H2,1-3H3. The zero-order valence-electron chi connectivity index (χ0n) is 12.5. The number of fused-ring (bicyclic) bond motifs is 2. The second kappa shape index (κ2) is 5.17. The monoisotopic (exact) mass is 277 g/mol. The fourth-order valence-electron chi connectivity index (χ4n) is 3.88. The van der Waals surface area contributed by atoms with Gasteiger partial charge in [-0.3, -0.25) is 0 Å². The first-order chi connectivity index (χ1) is 9.75. The first-order valence-electron chi connectivity index (χ1n) is 7.29. The minimum atomic E-state index is 0.250. The number of rotatable bonds is 3. The fourth-order valence-corrected chi connectivity index (χ4v) is 3.88.